The molecule has 1 saturated heterocycles. The second kappa shape index (κ2) is 13.1. The Morgan fingerprint density at radius 1 is 0.800 bits per heavy atom. The maximum Gasteiger partial charge on any atom is 0.261 e. The van der Waals surface area contributed by atoms with Crippen LogP contribution in [0.5, 0.6) is 0 Å². The van der Waals surface area contributed by atoms with E-state index in [9.17, 15) is 4.79 Å². The molecule has 234 valence electrons. The van der Waals surface area contributed by atoms with Crippen molar-refractivity contribution in [3.05, 3.63) is 130 Å². The minimum atomic E-state index is -2.80. The van der Waals surface area contributed by atoms with E-state index in [-0.39, 0.29) is 34.9 Å². The van der Waals surface area contributed by atoms with E-state index < -0.39 is 8.32 Å². The van der Waals surface area contributed by atoms with E-state index in [1.165, 1.54) is 10.4 Å². The SMILES string of the molecule is CC1CC(c2cccc(Cl)c2)C(c2ccc(Cl)cc2)N(C(CO[Si](c2ccccc2)(c2ccccc2)C(C)(C)C)C2CC2)C1=O. The van der Waals surface area contributed by atoms with E-state index >= 15 is 0 Å². The third-order valence-corrected chi connectivity index (χ3v) is 15.4. The van der Waals surface area contributed by atoms with Crippen molar-refractivity contribution in [2.75, 3.05) is 6.61 Å². The van der Waals surface area contributed by atoms with E-state index in [0.717, 1.165) is 30.4 Å². The van der Waals surface area contributed by atoms with Crippen LogP contribution in [0.3, 0.4) is 0 Å². The molecule has 4 unspecified atom stereocenters. The summed E-state index contributed by atoms with van der Waals surface area (Å²) in [5, 5.41) is 3.76. The van der Waals surface area contributed by atoms with Gasteiger partial charge >= 0.3 is 0 Å². The molecule has 4 atom stereocenters. The van der Waals surface area contributed by atoms with Crippen molar-refractivity contribution in [1.29, 1.82) is 0 Å². The van der Waals surface area contributed by atoms with Crippen LogP contribution in [0, 0.1) is 11.8 Å². The first-order valence-corrected chi connectivity index (χ1v) is 18.8. The van der Waals surface area contributed by atoms with Crippen LogP contribution in [0.2, 0.25) is 15.1 Å². The predicted molar refractivity (Wildman–Crippen MR) is 189 cm³/mol. The van der Waals surface area contributed by atoms with Crippen LogP contribution in [0.4, 0.5) is 0 Å². The molecule has 1 aliphatic carbocycles. The molecule has 2 fully saturated rings. The Kier molecular flexibility index (Phi) is 9.32. The molecule has 0 bridgehead atoms. The van der Waals surface area contributed by atoms with Gasteiger partial charge in [0.2, 0.25) is 5.91 Å². The molecule has 6 rings (SSSR count). The fraction of sp³-hybridized carbons (Fsp3) is 0.359. The van der Waals surface area contributed by atoms with E-state index in [4.69, 9.17) is 27.6 Å². The minimum Gasteiger partial charge on any atom is -0.405 e. The van der Waals surface area contributed by atoms with Crippen molar-refractivity contribution < 1.29 is 9.22 Å². The minimum absolute atomic E-state index is 0.0516. The summed E-state index contributed by atoms with van der Waals surface area (Å²) in [6, 6.07) is 37.6. The summed E-state index contributed by atoms with van der Waals surface area (Å²) in [6.07, 6.45) is 2.96. The van der Waals surface area contributed by atoms with Crippen LogP contribution in [0.15, 0.2) is 109 Å². The number of hydrogen-bond acceptors (Lipinski definition) is 2. The van der Waals surface area contributed by atoms with Crippen molar-refractivity contribution in [1.82, 2.24) is 4.90 Å². The van der Waals surface area contributed by atoms with Gasteiger partial charge in [-0.3, -0.25) is 4.79 Å². The zero-order valence-electron chi connectivity index (χ0n) is 26.6. The van der Waals surface area contributed by atoms with Crippen LogP contribution in [-0.2, 0) is 9.22 Å². The molecule has 4 aromatic rings. The van der Waals surface area contributed by atoms with Gasteiger partial charge in [0.05, 0.1) is 18.7 Å². The van der Waals surface area contributed by atoms with Gasteiger partial charge < -0.3 is 9.33 Å². The quantitative estimate of drug-likeness (QED) is 0.168. The molecule has 3 nitrogen and oxygen atoms in total. The van der Waals surface area contributed by atoms with Gasteiger partial charge in [-0.1, -0.05) is 136 Å². The molecule has 45 heavy (non-hydrogen) atoms. The number of benzene rings is 4. The molecule has 1 amide bonds. The standard InChI is InChI=1S/C39H43Cl2NO2Si/c1-27-24-35(30-12-11-13-32(41)25-30)37(29-20-22-31(40)23-21-29)42(38(27)43)36(28-18-19-28)26-44-45(39(2,3)4,33-14-7-5-8-15-33)34-16-9-6-10-17-34/h5-17,20-23,25,27-28,35-37H,18-19,24,26H2,1-4H3. The summed E-state index contributed by atoms with van der Waals surface area (Å²) in [4.78, 5) is 16.7. The molecule has 4 aromatic carbocycles. The highest BCUT2D eigenvalue weighted by atomic mass is 35.5. The van der Waals surface area contributed by atoms with Crippen molar-refractivity contribution in [3.8, 4) is 0 Å². The molecule has 1 saturated carbocycles. The van der Waals surface area contributed by atoms with Gasteiger partial charge in [0.1, 0.15) is 0 Å². The van der Waals surface area contributed by atoms with Crippen molar-refractivity contribution in [2.45, 2.75) is 70.0 Å². The smallest absolute Gasteiger partial charge is 0.261 e. The largest absolute Gasteiger partial charge is 0.405 e. The molecule has 6 heteroatoms. The molecule has 0 radical (unpaired) electrons. The number of halogens is 2. The summed E-state index contributed by atoms with van der Waals surface area (Å²) in [6.45, 7) is 9.50. The number of carbonyl (C=O) groups excluding carboxylic acids is 1. The monoisotopic (exact) mass is 655 g/mol. The third-order valence-electron chi connectivity index (χ3n) is 9.86. The first-order valence-electron chi connectivity index (χ1n) is 16.2. The predicted octanol–water partition coefficient (Wildman–Crippen LogP) is 9.04. The summed E-state index contributed by atoms with van der Waals surface area (Å²) >= 11 is 12.9. The van der Waals surface area contributed by atoms with E-state index in [1.807, 2.05) is 24.3 Å². The van der Waals surface area contributed by atoms with Gasteiger partial charge in [0.25, 0.3) is 8.32 Å². The van der Waals surface area contributed by atoms with E-state index in [2.05, 4.69) is 118 Å². The van der Waals surface area contributed by atoms with Crippen LogP contribution in [0.25, 0.3) is 0 Å². The lowest BCUT2D eigenvalue weighted by atomic mass is 9.75. The first kappa shape index (κ1) is 32.1. The van der Waals surface area contributed by atoms with Gasteiger partial charge in [-0.15, -0.1) is 0 Å². The lowest BCUT2D eigenvalue weighted by molar-refractivity contribution is -0.147. The van der Waals surface area contributed by atoms with Crippen molar-refractivity contribution in [3.63, 3.8) is 0 Å². The highest BCUT2D eigenvalue weighted by molar-refractivity contribution is 6.99. The Balaban J connectivity index is 1.46. The maximum absolute atomic E-state index is 14.5. The van der Waals surface area contributed by atoms with Crippen molar-refractivity contribution >= 4 is 47.8 Å². The fourth-order valence-corrected chi connectivity index (χ4v) is 12.5. The maximum atomic E-state index is 14.5. The topological polar surface area (TPSA) is 29.5 Å². The first-order chi connectivity index (χ1) is 21.6. The summed E-state index contributed by atoms with van der Waals surface area (Å²) in [7, 11) is -2.80. The zero-order valence-corrected chi connectivity index (χ0v) is 29.1. The van der Waals surface area contributed by atoms with Gasteiger partial charge in [-0.05, 0) is 76.0 Å². The van der Waals surface area contributed by atoms with E-state index in [0.29, 0.717) is 22.6 Å². The lowest BCUT2D eigenvalue weighted by Gasteiger charge is -2.50. The van der Waals surface area contributed by atoms with Gasteiger partial charge in [0.15, 0.2) is 0 Å². The third kappa shape index (κ3) is 6.40. The number of rotatable bonds is 9. The molecule has 1 heterocycles. The Bertz CT molecular complexity index is 1560. The van der Waals surface area contributed by atoms with Crippen LogP contribution < -0.4 is 10.4 Å². The molecular formula is C39H43Cl2NO2Si. The second-order valence-corrected chi connectivity index (χ2v) is 19.1. The van der Waals surface area contributed by atoms with Gasteiger partial charge in [0, 0.05) is 21.9 Å². The van der Waals surface area contributed by atoms with Crippen molar-refractivity contribution in [2.24, 2.45) is 11.8 Å². The molecular weight excluding hydrogens is 613 g/mol. The Morgan fingerprint density at radius 3 is 1.93 bits per heavy atom. The summed E-state index contributed by atoms with van der Waals surface area (Å²) in [5.41, 5.74) is 2.26. The second-order valence-electron chi connectivity index (χ2n) is 13.9. The number of hydrogen-bond donors (Lipinski definition) is 0. The van der Waals surface area contributed by atoms with Crippen LogP contribution in [-0.4, -0.2) is 31.8 Å². The molecule has 2 aliphatic rings. The lowest BCUT2D eigenvalue weighted by Crippen LogP contribution is -2.67. The summed E-state index contributed by atoms with van der Waals surface area (Å²) in [5.74, 6) is 0.571. The average molecular weight is 657 g/mol. The fourth-order valence-electron chi connectivity index (χ4n) is 7.57. The Hall–Kier alpha value is -2.89. The number of carbonyl (C=O) groups is 1. The average Bonchev–Trinajstić information content (AvgIpc) is 3.87. The Morgan fingerprint density at radius 2 is 1.40 bits per heavy atom. The zero-order chi connectivity index (χ0) is 31.8. The van der Waals surface area contributed by atoms with Crippen LogP contribution >= 0.6 is 23.2 Å². The Labute approximate surface area is 279 Å². The number of nitrogens with zero attached hydrogens (tertiary/aromatic N) is 1. The number of likely N-dealkylation sites (tertiary alicyclic amines) is 1. The molecule has 0 N–H and O–H groups in total. The van der Waals surface area contributed by atoms with E-state index in [1.54, 1.807) is 0 Å². The van der Waals surface area contributed by atoms with Gasteiger partial charge in [-0.2, -0.15) is 0 Å². The molecule has 0 spiro atoms. The van der Waals surface area contributed by atoms with Gasteiger partial charge in [-0.25, -0.2) is 0 Å². The highest BCUT2D eigenvalue weighted by Gasteiger charge is 2.53. The molecule has 0 aromatic heterocycles. The number of piperidine rings is 1. The molecule has 1 aliphatic heterocycles. The van der Waals surface area contributed by atoms with Crippen LogP contribution in [0.1, 0.15) is 70.0 Å². The normalized spacial score (nSPS) is 21.5. The summed E-state index contributed by atoms with van der Waals surface area (Å²) < 4.78 is 7.53. The number of amides is 1. The highest BCUT2D eigenvalue weighted by Crippen LogP contribution is 2.50.